The summed E-state index contributed by atoms with van der Waals surface area (Å²) in [6.45, 7) is 2.28. The zero-order chi connectivity index (χ0) is 7.90. The lowest BCUT2D eigenvalue weighted by Crippen LogP contribution is -2.26. The highest BCUT2D eigenvalue weighted by molar-refractivity contribution is 5.82. The van der Waals surface area contributed by atoms with Crippen molar-refractivity contribution in [1.29, 1.82) is 0 Å². The molecule has 2 rings (SSSR count). The van der Waals surface area contributed by atoms with Gasteiger partial charge in [-0.1, -0.05) is 13.3 Å². The first-order chi connectivity index (χ1) is 5.22. The van der Waals surface area contributed by atoms with E-state index in [0.29, 0.717) is 17.1 Å². The number of hydrogen-bond donors (Lipinski definition) is 0. The highest BCUT2D eigenvalue weighted by atomic mass is 16.1. The van der Waals surface area contributed by atoms with Crippen LogP contribution in [0, 0.1) is 11.3 Å². The fraction of sp³-hybridized carbons (Fsp3) is 0.900. The van der Waals surface area contributed by atoms with E-state index in [1.165, 1.54) is 25.7 Å². The molecule has 0 amide bonds. The Kier molecular flexibility index (Phi) is 1.55. The summed E-state index contributed by atoms with van der Waals surface area (Å²) >= 11 is 0. The molecule has 1 heteroatoms. The lowest BCUT2D eigenvalue weighted by molar-refractivity contribution is -0.126. The van der Waals surface area contributed by atoms with Gasteiger partial charge < -0.3 is 0 Å². The lowest BCUT2D eigenvalue weighted by Gasteiger charge is -2.25. The van der Waals surface area contributed by atoms with Crippen molar-refractivity contribution in [2.24, 2.45) is 11.3 Å². The molecule has 62 valence electrons. The van der Waals surface area contributed by atoms with Crippen LogP contribution < -0.4 is 0 Å². The second-order valence-electron chi connectivity index (χ2n) is 4.42. The zero-order valence-electron chi connectivity index (χ0n) is 7.23. The molecule has 0 aromatic carbocycles. The molecule has 0 spiro atoms. The van der Waals surface area contributed by atoms with Gasteiger partial charge in [-0.25, -0.2) is 0 Å². The van der Waals surface area contributed by atoms with Crippen molar-refractivity contribution in [1.82, 2.24) is 0 Å². The molecule has 2 fully saturated rings. The van der Waals surface area contributed by atoms with Crippen LogP contribution in [0.2, 0.25) is 0 Å². The van der Waals surface area contributed by atoms with Crippen LogP contribution in [0.1, 0.15) is 45.4 Å². The third kappa shape index (κ3) is 1.21. The SMILES string of the molecule is CC1(C2CCCCC2=O)CC1. The number of carbonyl (C=O) groups is 1. The summed E-state index contributed by atoms with van der Waals surface area (Å²) in [5.74, 6) is 0.993. The van der Waals surface area contributed by atoms with E-state index in [1.54, 1.807) is 0 Å². The molecular formula is C10H16O. The van der Waals surface area contributed by atoms with Crippen LogP contribution in [-0.4, -0.2) is 5.78 Å². The van der Waals surface area contributed by atoms with Gasteiger partial charge in [-0.3, -0.25) is 4.79 Å². The summed E-state index contributed by atoms with van der Waals surface area (Å²) in [5.41, 5.74) is 0.442. The van der Waals surface area contributed by atoms with Crippen LogP contribution in [0.3, 0.4) is 0 Å². The third-order valence-electron chi connectivity index (χ3n) is 3.43. The minimum Gasteiger partial charge on any atom is -0.299 e. The molecular weight excluding hydrogens is 136 g/mol. The van der Waals surface area contributed by atoms with E-state index in [9.17, 15) is 4.79 Å². The van der Waals surface area contributed by atoms with Crippen molar-refractivity contribution in [2.75, 3.05) is 0 Å². The molecule has 2 aliphatic rings. The molecule has 1 nitrogen and oxygen atoms in total. The van der Waals surface area contributed by atoms with Gasteiger partial charge in [0.05, 0.1) is 0 Å². The highest BCUT2D eigenvalue weighted by Gasteiger charge is 2.47. The monoisotopic (exact) mass is 152 g/mol. The molecule has 0 aromatic rings. The number of hydrogen-bond acceptors (Lipinski definition) is 1. The predicted octanol–water partition coefficient (Wildman–Crippen LogP) is 2.55. The van der Waals surface area contributed by atoms with Gasteiger partial charge in [-0.15, -0.1) is 0 Å². The standard InChI is InChI=1S/C10H16O/c1-10(6-7-10)8-4-2-3-5-9(8)11/h8H,2-7H2,1H3. The Balaban J connectivity index is 2.05. The van der Waals surface area contributed by atoms with Crippen LogP contribution in [0.4, 0.5) is 0 Å². The van der Waals surface area contributed by atoms with Gasteiger partial charge in [0.2, 0.25) is 0 Å². The van der Waals surface area contributed by atoms with Crippen molar-refractivity contribution >= 4 is 5.78 Å². The van der Waals surface area contributed by atoms with Crippen LogP contribution in [0.15, 0.2) is 0 Å². The highest BCUT2D eigenvalue weighted by Crippen LogP contribution is 2.54. The summed E-state index contributed by atoms with van der Waals surface area (Å²) in [6, 6.07) is 0. The average molecular weight is 152 g/mol. The molecule has 2 aliphatic carbocycles. The van der Waals surface area contributed by atoms with E-state index in [2.05, 4.69) is 6.92 Å². The normalized spacial score (nSPS) is 35.4. The van der Waals surface area contributed by atoms with Crippen molar-refractivity contribution in [3.05, 3.63) is 0 Å². The van der Waals surface area contributed by atoms with Crippen LogP contribution in [0.5, 0.6) is 0 Å². The summed E-state index contributed by atoms with van der Waals surface area (Å²) < 4.78 is 0. The van der Waals surface area contributed by atoms with Crippen molar-refractivity contribution < 1.29 is 4.79 Å². The lowest BCUT2D eigenvalue weighted by atomic mass is 9.78. The first-order valence-corrected chi connectivity index (χ1v) is 4.75. The minimum atomic E-state index is 0.441. The molecule has 0 heterocycles. The maximum absolute atomic E-state index is 11.5. The molecule has 2 saturated carbocycles. The number of carbonyl (C=O) groups excluding carboxylic acids is 1. The van der Waals surface area contributed by atoms with Crippen LogP contribution >= 0.6 is 0 Å². The number of ketones is 1. The molecule has 0 saturated heterocycles. The smallest absolute Gasteiger partial charge is 0.136 e. The molecule has 0 aliphatic heterocycles. The largest absolute Gasteiger partial charge is 0.299 e. The molecule has 0 bridgehead atoms. The summed E-state index contributed by atoms with van der Waals surface area (Å²) in [6.07, 6.45) is 7.06. The van der Waals surface area contributed by atoms with Gasteiger partial charge in [0.15, 0.2) is 0 Å². The van der Waals surface area contributed by atoms with E-state index in [1.807, 2.05) is 0 Å². The summed E-state index contributed by atoms with van der Waals surface area (Å²) in [5, 5.41) is 0. The van der Waals surface area contributed by atoms with Crippen molar-refractivity contribution in [3.8, 4) is 0 Å². The van der Waals surface area contributed by atoms with Gasteiger partial charge in [-0.2, -0.15) is 0 Å². The first kappa shape index (κ1) is 7.33. The van der Waals surface area contributed by atoms with Gasteiger partial charge in [0.25, 0.3) is 0 Å². The van der Waals surface area contributed by atoms with Crippen molar-refractivity contribution in [2.45, 2.75) is 45.4 Å². The molecule has 0 aromatic heterocycles. The third-order valence-corrected chi connectivity index (χ3v) is 3.43. The first-order valence-electron chi connectivity index (χ1n) is 4.75. The molecule has 0 radical (unpaired) electrons. The Labute approximate surface area is 68.2 Å². The average Bonchev–Trinajstić information content (AvgIpc) is 2.70. The van der Waals surface area contributed by atoms with E-state index < -0.39 is 0 Å². The number of Topliss-reactive ketones (excluding diaryl/α,β-unsaturated/α-hetero) is 1. The van der Waals surface area contributed by atoms with Gasteiger partial charge in [-0.05, 0) is 31.1 Å². The summed E-state index contributed by atoms with van der Waals surface area (Å²) in [4.78, 5) is 11.5. The topological polar surface area (TPSA) is 17.1 Å². The fourth-order valence-electron chi connectivity index (χ4n) is 2.27. The second kappa shape index (κ2) is 2.33. The Bertz CT molecular complexity index is 179. The van der Waals surface area contributed by atoms with Crippen LogP contribution in [-0.2, 0) is 4.79 Å². The van der Waals surface area contributed by atoms with E-state index in [4.69, 9.17) is 0 Å². The molecule has 11 heavy (non-hydrogen) atoms. The van der Waals surface area contributed by atoms with E-state index in [-0.39, 0.29) is 0 Å². The van der Waals surface area contributed by atoms with Gasteiger partial charge in [0.1, 0.15) is 5.78 Å². The Morgan fingerprint density at radius 3 is 2.64 bits per heavy atom. The molecule has 1 unspecified atom stereocenters. The van der Waals surface area contributed by atoms with Crippen molar-refractivity contribution in [3.63, 3.8) is 0 Å². The second-order valence-corrected chi connectivity index (χ2v) is 4.42. The minimum absolute atomic E-state index is 0.441. The van der Waals surface area contributed by atoms with Gasteiger partial charge >= 0.3 is 0 Å². The Morgan fingerprint density at radius 2 is 2.09 bits per heavy atom. The van der Waals surface area contributed by atoms with Gasteiger partial charge in [0, 0.05) is 12.3 Å². The maximum atomic E-state index is 11.5. The van der Waals surface area contributed by atoms with E-state index in [0.717, 1.165) is 12.8 Å². The number of rotatable bonds is 1. The predicted molar refractivity (Wildman–Crippen MR) is 44.3 cm³/mol. The quantitative estimate of drug-likeness (QED) is 0.564. The van der Waals surface area contributed by atoms with E-state index >= 15 is 0 Å². The zero-order valence-corrected chi connectivity index (χ0v) is 7.23. The Hall–Kier alpha value is -0.330. The molecule has 0 N–H and O–H groups in total. The Morgan fingerprint density at radius 1 is 1.36 bits per heavy atom. The summed E-state index contributed by atoms with van der Waals surface area (Å²) in [7, 11) is 0. The molecule has 1 atom stereocenters. The maximum Gasteiger partial charge on any atom is 0.136 e. The fourth-order valence-corrected chi connectivity index (χ4v) is 2.27. The van der Waals surface area contributed by atoms with Crippen LogP contribution in [0.25, 0.3) is 0 Å².